The lowest BCUT2D eigenvalue weighted by molar-refractivity contribution is 0.432. The van der Waals surface area contributed by atoms with Gasteiger partial charge in [0.25, 0.3) is 0 Å². The summed E-state index contributed by atoms with van der Waals surface area (Å²) in [5.41, 5.74) is 5.65. The van der Waals surface area contributed by atoms with Gasteiger partial charge in [0, 0.05) is 0 Å². The fraction of sp³-hybridized carbons (Fsp3) is 1.00. The molecule has 2 nitrogen and oxygen atoms in total. The van der Waals surface area contributed by atoms with Crippen LogP contribution in [0.2, 0.25) is 0 Å². The molecule has 3 N–H and O–H groups in total. The molecule has 14 heavy (non-hydrogen) atoms. The maximum Gasteiger partial charge on any atom is -0.000856 e. The molecule has 0 aromatic carbocycles. The summed E-state index contributed by atoms with van der Waals surface area (Å²) in [7, 11) is 0. The molecule has 0 radical (unpaired) electrons. The van der Waals surface area contributed by atoms with Gasteiger partial charge in [-0.15, -0.1) is 0 Å². The van der Waals surface area contributed by atoms with Crippen LogP contribution >= 0.6 is 0 Å². The predicted molar refractivity (Wildman–Crippen MR) is 62.3 cm³/mol. The number of rotatable bonds is 7. The fourth-order valence-corrected chi connectivity index (χ4v) is 2.31. The van der Waals surface area contributed by atoms with E-state index >= 15 is 0 Å². The van der Waals surface area contributed by atoms with Gasteiger partial charge < -0.3 is 11.1 Å². The van der Waals surface area contributed by atoms with Crippen LogP contribution in [0.15, 0.2) is 0 Å². The molecule has 0 aromatic heterocycles. The summed E-state index contributed by atoms with van der Waals surface area (Å²) in [4.78, 5) is 0. The fourth-order valence-electron chi connectivity index (χ4n) is 2.31. The number of hydrogen-bond donors (Lipinski definition) is 2. The molecule has 0 aliphatic heterocycles. The van der Waals surface area contributed by atoms with Crippen LogP contribution < -0.4 is 11.1 Å². The molecule has 0 aromatic rings. The molecule has 1 fully saturated rings. The molecular formula is C12H26N2. The van der Waals surface area contributed by atoms with Crippen LogP contribution in [-0.4, -0.2) is 19.6 Å². The van der Waals surface area contributed by atoms with E-state index in [9.17, 15) is 0 Å². The zero-order valence-electron chi connectivity index (χ0n) is 9.60. The summed E-state index contributed by atoms with van der Waals surface area (Å²) in [6.07, 6.45) is 8.44. The lowest BCUT2D eigenvalue weighted by atomic mass is 10.0. The SMILES string of the molecule is CCC(CN)CNCCC1CCCC1. The normalized spacial score (nSPS) is 20.1. The molecule has 84 valence electrons. The van der Waals surface area contributed by atoms with Crippen LogP contribution in [0.3, 0.4) is 0 Å². The maximum atomic E-state index is 5.65. The first kappa shape index (κ1) is 12.0. The largest absolute Gasteiger partial charge is 0.330 e. The van der Waals surface area contributed by atoms with Crippen LogP contribution in [0.4, 0.5) is 0 Å². The molecule has 0 amide bonds. The minimum Gasteiger partial charge on any atom is -0.330 e. The van der Waals surface area contributed by atoms with Crippen molar-refractivity contribution in [2.45, 2.75) is 45.4 Å². The highest BCUT2D eigenvalue weighted by Crippen LogP contribution is 2.26. The van der Waals surface area contributed by atoms with Gasteiger partial charge in [-0.1, -0.05) is 39.0 Å². The van der Waals surface area contributed by atoms with Crippen LogP contribution in [0.5, 0.6) is 0 Å². The van der Waals surface area contributed by atoms with E-state index in [1.165, 1.54) is 45.1 Å². The smallest absolute Gasteiger partial charge is 0.000856 e. The van der Waals surface area contributed by atoms with Gasteiger partial charge in [0.05, 0.1) is 0 Å². The minimum atomic E-state index is 0.679. The van der Waals surface area contributed by atoms with E-state index in [-0.39, 0.29) is 0 Å². The summed E-state index contributed by atoms with van der Waals surface area (Å²) < 4.78 is 0. The first-order valence-electron chi connectivity index (χ1n) is 6.27. The van der Waals surface area contributed by atoms with Gasteiger partial charge >= 0.3 is 0 Å². The van der Waals surface area contributed by atoms with Gasteiger partial charge in [-0.2, -0.15) is 0 Å². The van der Waals surface area contributed by atoms with Gasteiger partial charge in [0.1, 0.15) is 0 Å². The van der Waals surface area contributed by atoms with Crippen molar-refractivity contribution in [2.24, 2.45) is 17.6 Å². The minimum absolute atomic E-state index is 0.679. The average Bonchev–Trinajstić information content (AvgIpc) is 2.71. The Labute approximate surface area is 88.6 Å². The molecule has 1 rings (SSSR count). The molecule has 1 unspecified atom stereocenters. The monoisotopic (exact) mass is 198 g/mol. The molecule has 0 heterocycles. The molecular weight excluding hydrogens is 172 g/mol. The third-order valence-corrected chi connectivity index (χ3v) is 3.55. The maximum absolute atomic E-state index is 5.65. The Morgan fingerprint density at radius 2 is 2.07 bits per heavy atom. The lowest BCUT2D eigenvalue weighted by Gasteiger charge is -2.14. The van der Waals surface area contributed by atoms with Crippen molar-refractivity contribution in [3.8, 4) is 0 Å². The van der Waals surface area contributed by atoms with Gasteiger partial charge in [-0.05, 0) is 37.9 Å². The standard InChI is InChI=1S/C12H26N2/c1-2-11(9-13)10-14-8-7-12-5-3-4-6-12/h11-12,14H,2-10,13H2,1H3. The van der Waals surface area contributed by atoms with Crippen molar-refractivity contribution < 1.29 is 0 Å². The van der Waals surface area contributed by atoms with E-state index in [2.05, 4.69) is 12.2 Å². The molecule has 0 spiro atoms. The van der Waals surface area contributed by atoms with E-state index in [1.54, 1.807) is 0 Å². The van der Waals surface area contributed by atoms with Crippen molar-refractivity contribution in [3.05, 3.63) is 0 Å². The molecule has 0 saturated heterocycles. The summed E-state index contributed by atoms with van der Waals surface area (Å²) in [6.45, 7) is 5.35. The van der Waals surface area contributed by atoms with E-state index in [0.29, 0.717) is 5.92 Å². The first-order valence-corrected chi connectivity index (χ1v) is 6.27. The van der Waals surface area contributed by atoms with Crippen molar-refractivity contribution >= 4 is 0 Å². The number of nitrogens with two attached hydrogens (primary N) is 1. The molecule has 1 aliphatic carbocycles. The second-order valence-corrected chi connectivity index (χ2v) is 4.65. The van der Waals surface area contributed by atoms with Crippen LogP contribution in [0.1, 0.15) is 45.4 Å². The van der Waals surface area contributed by atoms with E-state index in [0.717, 1.165) is 19.0 Å². The van der Waals surface area contributed by atoms with E-state index in [4.69, 9.17) is 5.73 Å². The van der Waals surface area contributed by atoms with E-state index in [1.807, 2.05) is 0 Å². The van der Waals surface area contributed by atoms with E-state index < -0.39 is 0 Å². The predicted octanol–water partition coefficient (Wildman–Crippen LogP) is 2.14. The Balaban J connectivity index is 1.92. The Morgan fingerprint density at radius 1 is 1.36 bits per heavy atom. The average molecular weight is 198 g/mol. The molecule has 0 bridgehead atoms. The van der Waals surface area contributed by atoms with Gasteiger partial charge in [0.15, 0.2) is 0 Å². The summed E-state index contributed by atoms with van der Waals surface area (Å²) in [6, 6.07) is 0. The summed E-state index contributed by atoms with van der Waals surface area (Å²) in [5.74, 6) is 1.69. The highest BCUT2D eigenvalue weighted by atomic mass is 14.9. The number of hydrogen-bond acceptors (Lipinski definition) is 2. The third kappa shape index (κ3) is 4.43. The molecule has 2 heteroatoms. The van der Waals surface area contributed by atoms with Crippen LogP contribution in [0, 0.1) is 11.8 Å². The van der Waals surface area contributed by atoms with Crippen molar-refractivity contribution in [3.63, 3.8) is 0 Å². The second kappa shape index (κ2) is 7.24. The summed E-state index contributed by atoms with van der Waals surface area (Å²) in [5, 5.41) is 3.53. The Hall–Kier alpha value is -0.0800. The van der Waals surface area contributed by atoms with Crippen molar-refractivity contribution in [1.29, 1.82) is 0 Å². The zero-order valence-corrected chi connectivity index (χ0v) is 9.60. The first-order chi connectivity index (χ1) is 6.86. The topological polar surface area (TPSA) is 38.0 Å². The van der Waals surface area contributed by atoms with Crippen LogP contribution in [0.25, 0.3) is 0 Å². The van der Waals surface area contributed by atoms with Crippen molar-refractivity contribution in [1.82, 2.24) is 5.32 Å². The lowest BCUT2D eigenvalue weighted by Crippen LogP contribution is -2.29. The third-order valence-electron chi connectivity index (χ3n) is 3.55. The zero-order chi connectivity index (χ0) is 10.2. The summed E-state index contributed by atoms with van der Waals surface area (Å²) >= 11 is 0. The van der Waals surface area contributed by atoms with Crippen molar-refractivity contribution in [2.75, 3.05) is 19.6 Å². The quantitative estimate of drug-likeness (QED) is 0.615. The molecule has 1 saturated carbocycles. The van der Waals surface area contributed by atoms with Crippen LogP contribution in [-0.2, 0) is 0 Å². The van der Waals surface area contributed by atoms with Gasteiger partial charge in [0.2, 0.25) is 0 Å². The highest BCUT2D eigenvalue weighted by molar-refractivity contribution is 4.69. The Morgan fingerprint density at radius 3 is 2.64 bits per heavy atom. The molecule has 1 atom stereocenters. The van der Waals surface area contributed by atoms with Gasteiger partial charge in [-0.25, -0.2) is 0 Å². The van der Waals surface area contributed by atoms with Gasteiger partial charge in [-0.3, -0.25) is 0 Å². The Kier molecular flexibility index (Phi) is 6.20. The highest BCUT2D eigenvalue weighted by Gasteiger charge is 2.14. The second-order valence-electron chi connectivity index (χ2n) is 4.65. The number of nitrogens with one attached hydrogen (secondary N) is 1. The Bertz CT molecular complexity index is 122. The molecule has 1 aliphatic rings.